The van der Waals surface area contributed by atoms with Gasteiger partial charge in [-0.05, 0) is 46.2 Å². The SMILES string of the molecule is N/C(=N\C(=N/Cc1cc2ccccc2cc1COc1ccccc1N)c1ccccc1)c1ccccc1. The molecule has 0 saturated heterocycles. The van der Waals surface area contributed by atoms with Crippen molar-refractivity contribution in [2.75, 3.05) is 5.73 Å². The standard InChI is InChI=1S/C32H28N4O/c33-29-17-9-10-18-30(29)37-22-28-20-26-16-8-7-15-25(26)19-27(28)21-35-32(24-13-5-2-6-14-24)36-31(34)23-11-3-1-4-12-23/h1-20H,21-22,33H2,(H2,34,35,36). The fourth-order valence-corrected chi connectivity index (χ4v) is 4.11. The minimum atomic E-state index is 0.375. The third-order valence-electron chi connectivity index (χ3n) is 6.10. The van der Waals surface area contributed by atoms with E-state index in [-0.39, 0.29) is 0 Å². The number of para-hydroxylation sites is 2. The number of amidine groups is 2. The average Bonchev–Trinajstić information content (AvgIpc) is 2.95. The monoisotopic (exact) mass is 484 g/mol. The lowest BCUT2D eigenvalue weighted by Crippen LogP contribution is -2.16. The summed E-state index contributed by atoms with van der Waals surface area (Å²) in [6.07, 6.45) is 0. The molecule has 0 spiro atoms. The lowest BCUT2D eigenvalue weighted by molar-refractivity contribution is 0.307. The molecule has 37 heavy (non-hydrogen) atoms. The highest BCUT2D eigenvalue weighted by Crippen LogP contribution is 2.25. The molecule has 0 aliphatic heterocycles. The summed E-state index contributed by atoms with van der Waals surface area (Å²) < 4.78 is 6.11. The van der Waals surface area contributed by atoms with E-state index < -0.39 is 0 Å². The van der Waals surface area contributed by atoms with Gasteiger partial charge in [-0.2, -0.15) is 0 Å². The maximum absolute atomic E-state index is 6.37. The number of fused-ring (bicyclic) bond motifs is 1. The highest BCUT2D eigenvalue weighted by atomic mass is 16.5. The molecule has 0 fully saturated rings. The Hall–Kier alpha value is -4.90. The number of anilines is 1. The molecule has 5 aromatic rings. The third-order valence-corrected chi connectivity index (χ3v) is 6.10. The van der Waals surface area contributed by atoms with Gasteiger partial charge in [-0.25, -0.2) is 4.99 Å². The van der Waals surface area contributed by atoms with Crippen LogP contribution in [0.5, 0.6) is 5.75 Å². The number of rotatable bonds is 7. The molecule has 4 N–H and O–H groups in total. The Kier molecular flexibility index (Phi) is 7.23. The number of nitrogens with zero attached hydrogens (tertiary/aromatic N) is 2. The normalized spacial score (nSPS) is 12.0. The van der Waals surface area contributed by atoms with Crippen LogP contribution in [0.25, 0.3) is 10.8 Å². The van der Waals surface area contributed by atoms with E-state index in [1.54, 1.807) is 0 Å². The molecular weight excluding hydrogens is 456 g/mol. The van der Waals surface area contributed by atoms with Crippen LogP contribution in [0.2, 0.25) is 0 Å². The van der Waals surface area contributed by atoms with E-state index in [0.29, 0.717) is 36.3 Å². The smallest absolute Gasteiger partial charge is 0.157 e. The van der Waals surface area contributed by atoms with Gasteiger partial charge >= 0.3 is 0 Å². The van der Waals surface area contributed by atoms with Crippen molar-refractivity contribution < 1.29 is 4.74 Å². The summed E-state index contributed by atoms with van der Waals surface area (Å²) in [5.41, 5.74) is 16.9. The molecule has 0 saturated carbocycles. The van der Waals surface area contributed by atoms with E-state index >= 15 is 0 Å². The summed E-state index contributed by atoms with van der Waals surface area (Å²) in [6.45, 7) is 0.795. The molecule has 0 aliphatic rings. The Morgan fingerprint density at radius 2 is 1.22 bits per heavy atom. The molecule has 0 amide bonds. The van der Waals surface area contributed by atoms with Crippen molar-refractivity contribution >= 4 is 28.1 Å². The summed E-state index contributed by atoms with van der Waals surface area (Å²) in [6, 6.07) is 39.7. The lowest BCUT2D eigenvalue weighted by atomic mass is 10.0. The van der Waals surface area contributed by atoms with Crippen LogP contribution in [-0.4, -0.2) is 11.7 Å². The zero-order valence-electron chi connectivity index (χ0n) is 20.4. The van der Waals surface area contributed by atoms with Crippen molar-refractivity contribution in [2.24, 2.45) is 15.7 Å². The van der Waals surface area contributed by atoms with E-state index in [2.05, 4.69) is 24.3 Å². The van der Waals surface area contributed by atoms with Gasteiger partial charge in [-0.15, -0.1) is 0 Å². The van der Waals surface area contributed by atoms with Crippen LogP contribution in [0.4, 0.5) is 5.69 Å². The summed E-state index contributed by atoms with van der Waals surface area (Å²) >= 11 is 0. The number of ether oxygens (including phenoxy) is 1. The van der Waals surface area contributed by atoms with Gasteiger partial charge in [-0.1, -0.05) is 97.1 Å². The highest BCUT2D eigenvalue weighted by molar-refractivity contribution is 6.10. The topological polar surface area (TPSA) is 86.0 Å². The van der Waals surface area contributed by atoms with Crippen molar-refractivity contribution in [3.63, 3.8) is 0 Å². The van der Waals surface area contributed by atoms with Gasteiger partial charge in [0.15, 0.2) is 5.84 Å². The molecule has 182 valence electrons. The van der Waals surface area contributed by atoms with Crippen molar-refractivity contribution in [3.05, 3.63) is 144 Å². The maximum atomic E-state index is 6.37. The summed E-state index contributed by atoms with van der Waals surface area (Å²) in [4.78, 5) is 9.66. The number of nitrogens with two attached hydrogens (primary N) is 2. The molecule has 0 aromatic heterocycles. The van der Waals surface area contributed by atoms with Crippen LogP contribution in [-0.2, 0) is 13.2 Å². The van der Waals surface area contributed by atoms with Crippen LogP contribution in [0.3, 0.4) is 0 Å². The third kappa shape index (κ3) is 5.85. The second-order valence-corrected chi connectivity index (χ2v) is 8.66. The summed E-state index contributed by atoms with van der Waals surface area (Å²) in [5, 5.41) is 2.29. The molecule has 0 heterocycles. The number of hydrogen-bond donors (Lipinski definition) is 2. The van der Waals surface area contributed by atoms with Crippen molar-refractivity contribution in [3.8, 4) is 5.75 Å². The molecule has 5 aromatic carbocycles. The Bertz CT molecular complexity index is 1560. The highest BCUT2D eigenvalue weighted by Gasteiger charge is 2.10. The molecule has 0 unspecified atom stereocenters. The molecule has 0 aliphatic carbocycles. The molecule has 5 nitrogen and oxygen atoms in total. The number of hydrogen-bond acceptors (Lipinski definition) is 3. The second kappa shape index (κ2) is 11.2. The molecule has 0 atom stereocenters. The molecule has 5 rings (SSSR count). The first-order valence-corrected chi connectivity index (χ1v) is 12.1. The fraction of sp³-hybridized carbons (Fsp3) is 0.0625. The van der Waals surface area contributed by atoms with Gasteiger partial charge in [0.1, 0.15) is 18.2 Å². The van der Waals surface area contributed by atoms with Crippen LogP contribution < -0.4 is 16.2 Å². The van der Waals surface area contributed by atoms with E-state index in [9.17, 15) is 0 Å². The largest absolute Gasteiger partial charge is 0.487 e. The van der Waals surface area contributed by atoms with Crippen LogP contribution >= 0.6 is 0 Å². The predicted octanol–water partition coefficient (Wildman–Crippen LogP) is 6.35. The predicted molar refractivity (Wildman–Crippen MR) is 153 cm³/mol. The molecular formula is C32H28N4O. The van der Waals surface area contributed by atoms with Crippen LogP contribution in [0.15, 0.2) is 131 Å². The Balaban J connectivity index is 1.51. The minimum Gasteiger partial charge on any atom is -0.487 e. The van der Waals surface area contributed by atoms with Gasteiger partial charge in [0.05, 0.1) is 12.2 Å². The Morgan fingerprint density at radius 1 is 0.649 bits per heavy atom. The zero-order valence-corrected chi connectivity index (χ0v) is 20.4. The van der Waals surface area contributed by atoms with E-state index in [4.69, 9.17) is 26.2 Å². The van der Waals surface area contributed by atoms with Gasteiger partial charge in [0.25, 0.3) is 0 Å². The van der Waals surface area contributed by atoms with Gasteiger partial charge in [0.2, 0.25) is 0 Å². The van der Waals surface area contributed by atoms with Crippen molar-refractivity contribution in [2.45, 2.75) is 13.2 Å². The average molecular weight is 485 g/mol. The van der Waals surface area contributed by atoms with Crippen LogP contribution in [0.1, 0.15) is 22.3 Å². The number of aliphatic imine (C=N–C) groups is 2. The zero-order chi connectivity index (χ0) is 25.5. The second-order valence-electron chi connectivity index (χ2n) is 8.66. The van der Waals surface area contributed by atoms with Crippen molar-refractivity contribution in [1.29, 1.82) is 0 Å². The summed E-state index contributed by atoms with van der Waals surface area (Å²) in [7, 11) is 0. The van der Waals surface area contributed by atoms with Crippen LogP contribution in [0, 0.1) is 0 Å². The molecule has 0 bridgehead atoms. The molecule has 5 heteroatoms. The Labute approximate surface area is 216 Å². The fourth-order valence-electron chi connectivity index (χ4n) is 4.11. The first-order chi connectivity index (χ1) is 18.2. The minimum absolute atomic E-state index is 0.375. The van der Waals surface area contributed by atoms with Gasteiger partial charge in [0, 0.05) is 11.1 Å². The van der Waals surface area contributed by atoms with Crippen molar-refractivity contribution in [1.82, 2.24) is 0 Å². The molecule has 0 radical (unpaired) electrons. The van der Waals surface area contributed by atoms with E-state index in [1.165, 1.54) is 0 Å². The van der Waals surface area contributed by atoms with E-state index in [0.717, 1.165) is 33.0 Å². The van der Waals surface area contributed by atoms with E-state index in [1.807, 2.05) is 97.1 Å². The lowest BCUT2D eigenvalue weighted by Gasteiger charge is -2.13. The first-order valence-electron chi connectivity index (χ1n) is 12.1. The first kappa shape index (κ1) is 23.8. The Morgan fingerprint density at radius 3 is 1.89 bits per heavy atom. The quantitative estimate of drug-likeness (QED) is 0.160. The number of nitrogen functional groups attached to an aromatic ring is 1. The maximum Gasteiger partial charge on any atom is 0.157 e. The number of benzene rings is 5. The van der Waals surface area contributed by atoms with Gasteiger partial charge in [-0.3, -0.25) is 4.99 Å². The summed E-state index contributed by atoms with van der Waals surface area (Å²) in [5.74, 6) is 1.66. The van der Waals surface area contributed by atoms with Gasteiger partial charge < -0.3 is 16.2 Å².